The Hall–Kier alpha value is -0.940. The van der Waals surface area contributed by atoms with Crippen LogP contribution in [0, 0.1) is 0 Å². The molecule has 2 aliphatic rings. The fourth-order valence-electron chi connectivity index (χ4n) is 2.94. The topological polar surface area (TPSA) is 46.0 Å². The van der Waals surface area contributed by atoms with Crippen molar-refractivity contribution in [3.05, 3.63) is 11.4 Å². The van der Waals surface area contributed by atoms with E-state index in [1.807, 2.05) is 0 Å². The molecule has 0 amide bonds. The molecule has 1 N–H and O–H groups in total. The lowest BCUT2D eigenvalue weighted by atomic mass is 9.98. The number of likely N-dealkylation sites (tertiary alicyclic amines) is 1. The molecule has 94 valence electrons. The lowest BCUT2D eigenvalue weighted by Crippen LogP contribution is -2.39. The van der Waals surface area contributed by atoms with E-state index < -0.39 is 0 Å². The Morgan fingerprint density at radius 1 is 1.41 bits per heavy atom. The van der Waals surface area contributed by atoms with E-state index in [2.05, 4.69) is 39.2 Å². The smallest absolute Gasteiger partial charge is 0.0997 e. The molecule has 1 aromatic heterocycles. The number of nitrogens with one attached hydrogen (secondary N) is 1. The van der Waals surface area contributed by atoms with E-state index in [9.17, 15) is 0 Å². The van der Waals surface area contributed by atoms with Gasteiger partial charge in [-0.05, 0) is 26.8 Å². The van der Waals surface area contributed by atoms with Crippen LogP contribution in [-0.2, 0) is 13.0 Å². The summed E-state index contributed by atoms with van der Waals surface area (Å²) in [7, 11) is 2.21. The lowest BCUT2D eigenvalue weighted by molar-refractivity contribution is 0.148. The van der Waals surface area contributed by atoms with E-state index in [1.165, 1.54) is 25.1 Å². The second-order valence-electron chi connectivity index (χ2n) is 5.36. The highest BCUT2D eigenvalue weighted by Crippen LogP contribution is 2.27. The van der Waals surface area contributed by atoms with E-state index >= 15 is 0 Å². The summed E-state index contributed by atoms with van der Waals surface area (Å²) >= 11 is 0. The fourth-order valence-corrected chi connectivity index (χ4v) is 2.94. The van der Waals surface area contributed by atoms with Gasteiger partial charge in [0, 0.05) is 32.1 Å². The molecule has 1 aromatic rings. The number of aromatic nitrogens is 3. The molecule has 2 unspecified atom stereocenters. The molecule has 3 rings (SSSR count). The average molecular weight is 235 g/mol. The second-order valence-corrected chi connectivity index (χ2v) is 5.36. The highest BCUT2D eigenvalue weighted by molar-refractivity contribution is 5.14. The second kappa shape index (κ2) is 4.38. The van der Waals surface area contributed by atoms with E-state index in [0.29, 0.717) is 12.1 Å². The predicted molar refractivity (Wildman–Crippen MR) is 65.8 cm³/mol. The summed E-state index contributed by atoms with van der Waals surface area (Å²) in [6.45, 7) is 5.41. The first-order chi connectivity index (χ1) is 8.25. The number of hydrogen-bond acceptors (Lipinski definition) is 4. The minimum Gasteiger partial charge on any atom is -0.311 e. The van der Waals surface area contributed by atoms with Gasteiger partial charge in [-0.1, -0.05) is 5.21 Å². The van der Waals surface area contributed by atoms with Gasteiger partial charge in [-0.15, -0.1) is 5.10 Å². The van der Waals surface area contributed by atoms with E-state index in [-0.39, 0.29) is 0 Å². The van der Waals surface area contributed by atoms with Crippen LogP contribution >= 0.6 is 0 Å². The summed E-state index contributed by atoms with van der Waals surface area (Å²) in [6, 6.07) is 1.20. The summed E-state index contributed by atoms with van der Waals surface area (Å²) < 4.78 is 2.21. The molecule has 0 radical (unpaired) electrons. The van der Waals surface area contributed by atoms with Gasteiger partial charge in [-0.3, -0.25) is 0 Å². The van der Waals surface area contributed by atoms with Crippen LogP contribution in [0.2, 0.25) is 0 Å². The summed E-state index contributed by atoms with van der Waals surface area (Å²) in [5, 5.41) is 12.1. The maximum Gasteiger partial charge on any atom is 0.0997 e. The predicted octanol–water partition coefficient (Wildman–Crippen LogP) is 0.579. The van der Waals surface area contributed by atoms with Crippen LogP contribution in [0.1, 0.15) is 37.2 Å². The molecular formula is C12H21N5. The van der Waals surface area contributed by atoms with Crippen LogP contribution in [0.5, 0.6) is 0 Å². The van der Waals surface area contributed by atoms with Crippen LogP contribution in [0.3, 0.4) is 0 Å². The summed E-state index contributed by atoms with van der Waals surface area (Å²) in [4.78, 5) is 2.43. The highest BCUT2D eigenvalue weighted by atomic mass is 15.5. The first-order valence-corrected chi connectivity index (χ1v) is 6.59. The van der Waals surface area contributed by atoms with Crippen molar-refractivity contribution in [2.75, 3.05) is 20.1 Å². The zero-order valence-electron chi connectivity index (χ0n) is 10.7. The maximum atomic E-state index is 4.39. The third-order valence-corrected chi connectivity index (χ3v) is 4.23. The Morgan fingerprint density at radius 2 is 2.29 bits per heavy atom. The van der Waals surface area contributed by atoms with Crippen molar-refractivity contribution in [1.82, 2.24) is 25.2 Å². The van der Waals surface area contributed by atoms with Crippen LogP contribution < -0.4 is 5.32 Å². The molecule has 0 spiro atoms. The molecule has 3 heterocycles. The third kappa shape index (κ3) is 1.98. The molecule has 5 heteroatoms. The van der Waals surface area contributed by atoms with Gasteiger partial charge in [0.15, 0.2) is 0 Å². The molecule has 1 fully saturated rings. The monoisotopic (exact) mass is 235 g/mol. The first-order valence-electron chi connectivity index (χ1n) is 6.59. The molecule has 0 aliphatic carbocycles. The Balaban J connectivity index is 1.82. The van der Waals surface area contributed by atoms with Crippen LogP contribution in [0.15, 0.2) is 0 Å². The molecule has 17 heavy (non-hydrogen) atoms. The first kappa shape index (κ1) is 11.2. The summed E-state index contributed by atoms with van der Waals surface area (Å²) in [6.07, 6.45) is 3.47. The average Bonchev–Trinajstić information content (AvgIpc) is 2.76. The fraction of sp³-hybridized carbons (Fsp3) is 0.833. The standard InChI is InChI=1S/C12H21N5/c1-9-7-10(4-6-16(9)2)17-12-3-5-13-8-11(12)14-15-17/h9-10,13H,3-8H2,1-2H3. The molecular weight excluding hydrogens is 214 g/mol. The van der Waals surface area contributed by atoms with Crippen LogP contribution in [0.25, 0.3) is 0 Å². The normalized spacial score (nSPS) is 30.2. The van der Waals surface area contributed by atoms with Gasteiger partial charge in [0.25, 0.3) is 0 Å². The van der Waals surface area contributed by atoms with Gasteiger partial charge in [0.05, 0.1) is 17.4 Å². The van der Waals surface area contributed by atoms with Crippen molar-refractivity contribution >= 4 is 0 Å². The largest absolute Gasteiger partial charge is 0.311 e. The SMILES string of the molecule is CC1CC(n2nnc3c2CCNC3)CCN1C. The Bertz CT molecular complexity index is 400. The van der Waals surface area contributed by atoms with Crippen molar-refractivity contribution < 1.29 is 0 Å². The van der Waals surface area contributed by atoms with Crippen molar-refractivity contribution in [1.29, 1.82) is 0 Å². The summed E-state index contributed by atoms with van der Waals surface area (Å²) in [5.41, 5.74) is 2.52. The number of fused-ring (bicyclic) bond motifs is 1. The van der Waals surface area contributed by atoms with Gasteiger partial charge in [-0.25, -0.2) is 4.68 Å². The van der Waals surface area contributed by atoms with Gasteiger partial charge in [-0.2, -0.15) is 0 Å². The Kier molecular flexibility index (Phi) is 2.88. The van der Waals surface area contributed by atoms with E-state index in [4.69, 9.17) is 0 Å². The minimum absolute atomic E-state index is 0.551. The van der Waals surface area contributed by atoms with Gasteiger partial charge < -0.3 is 10.2 Å². The molecule has 0 aromatic carbocycles. The molecule has 0 bridgehead atoms. The van der Waals surface area contributed by atoms with Crippen LogP contribution in [0.4, 0.5) is 0 Å². The van der Waals surface area contributed by atoms with Crippen molar-refractivity contribution in [3.63, 3.8) is 0 Å². The molecule has 2 atom stereocenters. The number of piperidine rings is 1. The number of hydrogen-bond donors (Lipinski definition) is 1. The lowest BCUT2D eigenvalue weighted by Gasteiger charge is -2.35. The van der Waals surface area contributed by atoms with Gasteiger partial charge in [0.1, 0.15) is 0 Å². The highest BCUT2D eigenvalue weighted by Gasteiger charge is 2.28. The van der Waals surface area contributed by atoms with E-state index in [1.54, 1.807) is 0 Å². The molecule has 5 nitrogen and oxygen atoms in total. The van der Waals surface area contributed by atoms with Crippen molar-refractivity contribution in [2.24, 2.45) is 0 Å². The Morgan fingerprint density at radius 3 is 3.12 bits per heavy atom. The quantitative estimate of drug-likeness (QED) is 0.773. The number of rotatable bonds is 1. The molecule has 2 aliphatic heterocycles. The Labute approximate surface area is 102 Å². The van der Waals surface area contributed by atoms with Crippen molar-refractivity contribution in [2.45, 2.75) is 44.8 Å². The van der Waals surface area contributed by atoms with Gasteiger partial charge >= 0.3 is 0 Å². The van der Waals surface area contributed by atoms with Gasteiger partial charge in [0.2, 0.25) is 0 Å². The minimum atomic E-state index is 0.551. The zero-order chi connectivity index (χ0) is 11.8. The third-order valence-electron chi connectivity index (χ3n) is 4.23. The zero-order valence-corrected chi connectivity index (χ0v) is 10.7. The summed E-state index contributed by atoms with van der Waals surface area (Å²) in [5.74, 6) is 0. The van der Waals surface area contributed by atoms with Crippen LogP contribution in [-0.4, -0.2) is 46.1 Å². The maximum absolute atomic E-state index is 4.39. The number of nitrogens with zero attached hydrogens (tertiary/aromatic N) is 4. The van der Waals surface area contributed by atoms with Crippen molar-refractivity contribution in [3.8, 4) is 0 Å². The molecule has 0 saturated carbocycles. The molecule has 1 saturated heterocycles. The van der Waals surface area contributed by atoms with E-state index in [0.717, 1.165) is 25.2 Å².